The van der Waals surface area contributed by atoms with Gasteiger partial charge in [-0.25, -0.2) is 5.43 Å². The molecule has 0 radical (unpaired) electrons. The smallest absolute Gasteiger partial charge is 0.320 e. The van der Waals surface area contributed by atoms with Crippen LogP contribution in [0.25, 0.3) is 0 Å². The molecule has 0 fully saturated rings. The van der Waals surface area contributed by atoms with Gasteiger partial charge in [-0.3, -0.25) is 19.7 Å². The predicted molar refractivity (Wildman–Crippen MR) is 111 cm³/mol. The monoisotopic (exact) mass is 407 g/mol. The fourth-order valence-electron chi connectivity index (χ4n) is 3.68. The Morgan fingerprint density at radius 3 is 2.47 bits per heavy atom. The van der Waals surface area contributed by atoms with E-state index in [1.54, 1.807) is 18.2 Å². The summed E-state index contributed by atoms with van der Waals surface area (Å²) >= 11 is 0. The van der Waals surface area contributed by atoms with Crippen LogP contribution < -0.4 is 5.43 Å². The zero-order valence-electron chi connectivity index (χ0n) is 16.3. The molecule has 0 aromatic heterocycles. The van der Waals surface area contributed by atoms with Gasteiger partial charge in [0.25, 0.3) is 11.6 Å². The summed E-state index contributed by atoms with van der Waals surface area (Å²) in [6, 6.07) is 14.8. The number of hydrogen-bond acceptors (Lipinski definition) is 5. The molecule has 0 aliphatic heterocycles. The van der Waals surface area contributed by atoms with Crippen LogP contribution in [-0.2, 0) is 9.59 Å². The Morgan fingerprint density at radius 2 is 1.87 bits per heavy atom. The molecule has 1 aliphatic rings. The molecule has 8 heteroatoms. The first-order valence-corrected chi connectivity index (χ1v) is 9.36. The van der Waals surface area contributed by atoms with E-state index in [2.05, 4.69) is 10.5 Å². The van der Waals surface area contributed by atoms with E-state index in [1.807, 2.05) is 25.1 Å². The van der Waals surface area contributed by atoms with Gasteiger partial charge in [0.05, 0.1) is 11.1 Å². The maximum atomic E-state index is 13.1. The van der Waals surface area contributed by atoms with Gasteiger partial charge in [0.2, 0.25) is 0 Å². The van der Waals surface area contributed by atoms with E-state index in [1.165, 1.54) is 30.5 Å². The number of hydrogen-bond donors (Lipinski definition) is 2. The number of carboxylic acid groups (broad SMARTS) is 1. The lowest BCUT2D eigenvalue weighted by Gasteiger charge is -2.38. The highest BCUT2D eigenvalue weighted by molar-refractivity contribution is 6.03. The number of nitrogens with zero attached hydrogens (tertiary/aromatic N) is 2. The molecule has 0 saturated heterocycles. The zero-order chi connectivity index (χ0) is 21.7. The van der Waals surface area contributed by atoms with E-state index in [0.29, 0.717) is 12.0 Å². The van der Waals surface area contributed by atoms with Crippen LogP contribution in [-0.4, -0.2) is 28.1 Å². The van der Waals surface area contributed by atoms with Crippen molar-refractivity contribution in [2.75, 3.05) is 0 Å². The Labute approximate surface area is 173 Å². The van der Waals surface area contributed by atoms with Gasteiger partial charge >= 0.3 is 5.97 Å². The number of nitro groups is 1. The third-order valence-electron chi connectivity index (χ3n) is 5.37. The van der Waals surface area contributed by atoms with E-state index in [0.717, 1.165) is 11.1 Å². The second kappa shape index (κ2) is 8.69. The van der Waals surface area contributed by atoms with Crippen LogP contribution in [0.1, 0.15) is 36.8 Å². The summed E-state index contributed by atoms with van der Waals surface area (Å²) in [5, 5.41) is 25.0. The highest BCUT2D eigenvalue weighted by atomic mass is 16.6. The molecule has 2 atom stereocenters. The molecule has 2 N–H and O–H groups in total. The summed E-state index contributed by atoms with van der Waals surface area (Å²) in [7, 11) is 0. The minimum Gasteiger partial charge on any atom is -0.480 e. The summed E-state index contributed by atoms with van der Waals surface area (Å²) < 4.78 is 0. The van der Waals surface area contributed by atoms with Gasteiger partial charge in [-0.05, 0) is 30.9 Å². The maximum absolute atomic E-state index is 13.1. The summed E-state index contributed by atoms with van der Waals surface area (Å²) in [6.45, 7) is 1.87. The summed E-state index contributed by atoms with van der Waals surface area (Å²) in [6.07, 6.45) is 3.54. The lowest BCUT2D eigenvalue weighted by molar-refractivity contribution is -0.384. The van der Waals surface area contributed by atoms with E-state index < -0.39 is 28.1 Å². The minimum absolute atomic E-state index is 0.00249. The van der Waals surface area contributed by atoms with Crippen molar-refractivity contribution in [2.45, 2.75) is 25.7 Å². The molecule has 2 unspecified atom stereocenters. The lowest BCUT2D eigenvalue weighted by atomic mass is 9.64. The van der Waals surface area contributed by atoms with Crippen LogP contribution in [0.5, 0.6) is 0 Å². The Bertz CT molecular complexity index is 1010. The van der Waals surface area contributed by atoms with Gasteiger partial charge < -0.3 is 5.11 Å². The fourth-order valence-corrected chi connectivity index (χ4v) is 3.68. The Kier molecular flexibility index (Phi) is 6.06. The van der Waals surface area contributed by atoms with Crippen molar-refractivity contribution in [1.29, 1.82) is 0 Å². The number of hydrazone groups is 1. The molecule has 30 heavy (non-hydrogen) atoms. The van der Waals surface area contributed by atoms with Crippen LogP contribution in [0, 0.1) is 15.5 Å². The lowest BCUT2D eigenvalue weighted by Crippen LogP contribution is -2.50. The molecule has 1 amide bonds. The normalized spacial score (nSPS) is 21.1. The van der Waals surface area contributed by atoms with Gasteiger partial charge in [-0.15, -0.1) is 0 Å². The number of carbonyl (C=O) groups is 2. The number of allylic oxidation sites excluding steroid dienone is 2. The van der Waals surface area contributed by atoms with Gasteiger partial charge in [0, 0.05) is 18.1 Å². The Balaban J connectivity index is 1.94. The second-order valence-corrected chi connectivity index (χ2v) is 7.25. The standard InChI is InChI=1S/C22H21N3O5/c1-15-11-12-22(21(27)28,20(26)24-23-14-16-5-3-2-4-6-16)19(13-15)17-7-9-18(10-8-17)25(29)30/h2-11,14,19H,12-13H2,1H3,(H,24,26)(H,27,28). The number of non-ortho nitro benzene ring substituents is 1. The van der Waals surface area contributed by atoms with Crippen molar-refractivity contribution >= 4 is 23.8 Å². The minimum atomic E-state index is -1.77. The van der Waals surface area contributed by atoms with Crippen molar-refractivity contribution in [2.24, 2.45) is 10.5 Å². The average molecular weight is 407 g/mol. The molecular formula is C22H21N3O5. The van der Waals surface area contributed by atoms with Crippen LogP contribution >= 0.6 is 0 Å². The van der Waals surface area contributed by atoms with E-state index in [-0.39, 0.29) is 12.1 Å². The van der Waals surface area contributed by atoms with Gasteiger partial charge in [0.15, 0.2) is 5.41 Å². The quantitative estimate of drug-likeness (QED) is 0.249. The maximum Gasteiger partial charge on any atom is 0.320 e. The molecule has 0 spiro atoms. The highest BCUT2D eigenvalue weighted by Crippen LogP contribution is 2.47. The van der Waals surface area contributed by atoms with Crippen LogP contribution in [0.4, 0.5) is 5.69 Å². The van der Waals surface area contributed by atoms with E-state index in [4.69, 9.17) is 0 Å². The summed E-state index contributed by atoms with van der Waals surface area (Å²) in [5.41, 5.74) is 2.77. The molecule has 8 nitrogen and oxygen atoms in total. The van der Waals surface area contributed by atoms with Crippen molar-refractivity contribution in [3.8, 4) is 0 Å². The molecule has 0 bridgehead atoms. The number of rotatable bonds is 6. The van der Waals surface area contributed by atoms with E-state index in [9.17, 15) is 24.8 Å². The fraction of sp³-hybridized carbons (Fsp3) is 0.227. The molecule has 2 aromatic rings. The van der Waals surface area contributed by atoms with Crippen LogP contribution in [0.3, 0.4) is 0 Å². The number of amides is 1. The number of carboxylic acids is 1. The van der Waals surface area contributed by atoms with Crippen molar-refractivity contribution in [3.63, 3.8) is 0 Å². The molecule has 154 valence electrons. The third-order valence-corrected chi connectivity index (χ3v) is 5.37. The first-order chi connectivity index (χ1) is 14.3. The molecular weight excluding hydrogens is 386 g/mol. The highest BCUT2D eigenvalue weighted by Gasteiger charge is 2.53. The number of aliphatic carboxylic acids is 1. The molecule has 0 saturated carbocycles. The third kappa shape index (κ3) is 4.12. The van der Waals surface area contributed by atoms with Crippen molar-refractivity contribution < 1.29 is 19.6 Å². The van der Waals surface area contributed by atoms with Crippen molar-refractivity contribution in [3.05, 3.63) is 87.5 Å². The zero-order valence-corrected chi connectivity index (χ0v) is 16.3. The van der Waals surface area contributed by atoms with Gasteiger partial charge in [0.1, 0.15) is 0 Å². The van der Waals surface area contributed by atoms with Gasteiger partial charge in [-0.2, -0.15) is 5.10 Å². The number of carbonyl (C=O) groups excluding carboxylic acids is 1. The molecule has 3 rings (SSSR count). The second-order valence-electron chi connectivity index (χ2n) is 7.25. The average Bonchev–Trinajstić information content (AvgIpc) is 2.74. The molecule has 2 aromatic carbocycles. The van der Waals surface area contributed by atoms with Gasteiger partial charge in [-0.1, -0.05) is 54.1 Å². The SMILES string of the molecule is CC1=CCC(C(=O)O)(C(=O)NN=Cc2ccccc2)C(c2ccc([N+](=O)[O-])cc2)C1. The van der Waals surface area contributed by atoms with E-state index >= 15 is 0 Å². The molecule has 1 aliphatic carbocycles. The summed E-state index contributed by atoms with van der Waals surface area (Å²) in [5.74, 6) is -2.68. The Hall–Kier alpha value is -3.81. The summed E-state index contributed by atoms with van der Waals surface area (Å²) in [4.78, 5) is 35.9. The first-order valence-electron chi connectivity index (χ1n) is 9.36. The number of nitrogens with one attached hydrogen (secondary N) is 1. The number of benzene rings is 2. The van der Waals surface area contributed by atoms with Crippen molar-refractivity contribution in [1.82, 2.24) is 5.43 Å². The van der Waals surface area contributed by atoms with Crippen LogP contribution in [0.2, 0.25) is 0 Å². The number of nitro benzene ring substituents is 1. The van der Waals surface area contributed by atoms with Crippen LogP contribution in [0.15, 0.2) is 71.3 Å². The largest absolute Gasteiger partial charge is 0.480 e. The molecule has 0 heterocycles. The Morgan fingerprint density at radius 1 is 1.20 bits per heavy atom. The predicted octanol–water partition coefficient (Wildman–Crippen LogP) is 3.64. The first kappa shape index (κ1) is 20.9. The topological polar surface area (TPSA) is 122 Å².